The molecule has 0 saturated carbocycles. The third-order valence-electron chi connectivity index (χ3n) is 2.38. The third-order valence-corrected chi connectivity index (χ3v) is 3.03. The lowest BCUT2D eigenvalue weighted by atomic mass is 10.1. The Bertz CT molecular complexity index is 512. The van der Waals surface area contributed by atoms with Gasteiger partial charge in [-0.25, -0.2) is 0 Å². The zero-order chi connectivity index (χ0) is 12.3. The molecule has 0 aliphatic heterocycles. The quantitative estimate of drug-likeness (QED) is 0.833. The average Bonchev–Trinajstić information content (AvgIpc) is 2.84. The van der Waals surface area contributed by atoms with Crippen molar-refractivity contribution in [3.63, 3.8) is 0 Å². The van der Waals surface area contributed by atoms with Gasteiger partial charge in [0.2, 0.25) is 0 Å². The Hall–Kier alpha value is -1.95. The summed E-state index contributed by atoms with van der Waals surface area (Å²) >= 11 is 1.09. The number of para-hydroxylation sites is 1. The molecule has 1 aromatic carbocycles. The van der Waals surface area contributed by atoms with E-state index >= 15 is 0 Å². The molecule has 0 atom stereocenters. The van der Waals surface area contributed by atoms with Gasteiger partial charge in [0.25, 0.3) is 5.91 Å². The lowest BCUT2D eigenvalue weighted by Crippen LogP contribution is -2.25. The monoisotopic (exact) mass is 248 g/mol. The van der Waals surface area contributed by atoms with E-state index in [4.69, 9.17) is 5.73 Å². The van der Waals surface area contributed by atoms with Gasteiger partial charge in [-0.15, -0.1) is 5.10 Å². The Kier molecular flexibility index (Phi) is 3.34. The Labute approximate surface area is 103 Å². The number of carbonyl (C=O) groups is 1. The van der Waals surface area contributed by atoms with Crippen molar-refractivity contribution in [2.75, 3.05) is 12.8 Å². The van der Waals surface area contributed by atoms with Crippen molar-refractivity contribution in [2.45, 2.75) is 6.54 Å². The van der Waals surface area contributed by atoms with Gasteiger partial charge in [-0.1, -0.05) is 22.7 Å². The van der Waals surface area contributed by atoms with E-state index in [1.807, 2.05) is 24.3 Å². The molecule has 1 aromatic heterocycles. The minimum atomic E-state index is -0.0942. The molecule has 0 aliphatic rings. The molecule has 1 amide bonds. The number of rotatable bonds is 3. The molecular weight excluding hydrogens is 236 g/mol. The fraction of sp³-hybridized carbons (Fsp3) is 0.182. The first-order valence-corrected chi connectivity index (χ1v) is 5.82. The van der Waals surface area contributed by atoms with Gasteiger partial charge < -0.3 is 10.6 Å². The van der Waals surface area contributed by atoms with E-state index in [-0.39, 0.29) is 5.91 Å². The molecule has 2 N–H and O–H groups in total. The number of benzene rings is 1. The predicted molar refractivity (Wildman–Crippen MR) is 66.6 cm³/mol. The predicted octanol–water partition coefficient (Wildman–Crippen LogP) is 1.39. The zero-order valence-electron chi connectivity index (χ0n) is 9.33. The molecule has 0 unspecified atom stereocenters. The van der Waals surface area contributed by atoms with Crippen LogP contribution in [0.25, 0.3) is 0 Å². The molecule has 1 heterocycles. The normalized spacial score (nSPS) is 10.2. The second kappa shape index (κ2) is 4.92. The van der Waals surface area contributed by atoms with Crippen LogP contribution in [0.3, 0.4) is 0 Å². The maximum absolute atomic E-state index is 11.9. The first-order chi connectivity index (χ1) is 8.18. The maximum atomic E-state index is 11.9. The van der Waals surface area contributed by atoms with Crippen LogP contribution >= 0.6 is 11.5 Å². The Morgan fingerprint density at radius 1 is 1.47 bits per heavy atom. The first kappa shape index (κ1) is 11.5. The topological polar surface area (TPSA) is 72.1 Å². The minimum Gasteiger partial charge on any atom is -0.398 e. The van der Waals surface area contributed by atoms with Crippen LogP contribution in [-0.4, -0.2) is 27.4 Å². The van der Waals surface area contributed by atoms with E-state index in [0.717, 1.165) is 17.1 Å². The number of aromatic nitrogens is 2. The molecule has 0 aliphatic carbocycles. The summed E-state index contributed by atoms with van der Waals surface area (Å²) < 4.78 is 3.67. The average molecular weight is 248 g/mol. The van der Waals surface area contributed by atoms with E-state index in [0.29, 0.717) is 17.1 Å². The number of nitrogens with two attached hydrogens (primary N) is 1. The number of nitrogen functional groups attached to an aromatic ring is 1. The molecule has 5 nitrogen and oxygen atoms in total. The maximum Gasteiger partial charge on any atom is 0.267 e. The smallest absolute Gasteiger partial charge is 0.267 e. The van der Waals surface area contributed by atoms with Crippen molar-refractivity contribution in [1.82, 2.24) is 14.5 Å². The summed E-state index contributed by atoms with van der Waals surface area (Å²) in [5, 5.41) is 3.65. The van der Waals surface area contributed by atoms with Crippen molar-refractivity contribution in [3.05, 3.63) is 40.9 Å². The summed E-state index contributed by atoms with van der Waals surface area (Å²) in [4.78, 5) is 14.1. The van der Waals surface area contributed by atoms with E-state index in [2.05, 4.69) is 9.59 Å². The van der Waals surface area contributed by atoms with Crippen molar-refractivity contribution < 1.29 is 4.79 Å². The van der Waals surface area contributed by atoms with E-state index in [1.54, 1.807) is 11.9 Å². The van der Waals surface area contributed by atoms with Crippen LogP contribution in [0.5, 0.6) is 0 Å². The highest BCUT2D eigenvalue weighted by Gasteiger charge is 2.14. The van der Waals surface area contributed by atoms with Gasteiger partial charge in [-0.05, 0) is 23.2 Å². The summed E-state index contributed by atoms with van der Waals surface area (Å²) in [7, 11) is 1.73. The molecule has 6 heteroatoms. The highest BCUT2D eigenvalue weighted by molar-refractivity contribution is 7.07. The van der Waals surface area contributed by atoms with Crippen LogP contribution in [-0.2, 0) is 6.54 Å². The van der Waals surface area contributed by atoms with Crippen molar-refractivity contribution in [3.8, 4) is 0 Å². The van der Waals surface area contributed by atoms with Gasteiger partial charge in [0.05, 0.1) is 6.20 Å². The Morgan fingerprint density at radius 2 is 2.24 bits per heavy atom. The summed E-state index contributed by atoms with van der Waals surface area (Å²) in [6.45, 7) is 0.476. The van der Waals surface area contributed by atoms with E-state index < -0.39 is 0 Å². The molecule has 0 bridgehead atoms. The van der Waals surface area contributed by atoms with Crippen molar-refractivity contribution >= 4 is 23.1 Å². The van der Waals surface area contributed by atoms with E-state index in [1.165, 1.54) is 6.20 Å². The minimum absolute atomic E-state index is 0.0942. The van der Waals surface area contributed by atoms with Gasteiger partial charge in [-0.2, -0.15) is 0 Å². The SMILES string of the molecule is CN(Cc1ccccc1N)C(=O)c1cnns1. The number of anilines is 1. The van der Waals surface area contributed by atoms with Crippen LogP contribution < -0.4 is 5.73 Å². The van der Waals surface area contributed by atoms with Crippen LogP contribution in [0.4, 0.5) is 5.69 Å². The van der Waals surface area contributed by atoms with E-state index in [9.17, 15) is 4.79 Å². The fourth-order valence-electron chi connectivity index (χ4n) is 1.46. The summed E-state index contributed by atoms with van der Waals surface area (Å²) in [6, 6.07) is 7.50. The molecule has 0 saturated heterocycles. The molecule has 2 rings (SSSR count). The summed E-state index contributed by atoms with van der Waals surface area (Å²) in [6.07, 6.45) is 1.47. The fourth-order valence-corrected chi connectivity index (χ4v) is 1.97. The second-order valence-corrected chi connectivity index (χ2v) is 4.43. The van der Waals surface area contributed by atoms with Crippen LogP contribution in [0.15, 0.2) is 30.5 Å². The lowest BCUT2D eigenvalue weighted by molar-refractivity contribution is 0.0790. The van der Waals surface area contributed by atoms with Crippen LogP contribution in [0.2, 0.25) is 0 Å². The Balaban J connectivity index is 2.10. The number of hydrogen-bond donors (Lipinski definition) is 1. The molecule has 0 radical (unpaired) electrons. The highest BCUT2D eigenvalue weighted by atomic mass is 32.1. The number of nitrogens with zero attached hydrogens (tertiary/aromatic N) is 3. The standard InChI is InChI=1S/C11H12N4OS/c1-15(11(16)10-6-13-14-17-10)7-8-4-2-3-5-9(8)12/h2-6H,7,12H2,1H3. The molecular formula is C11H12N4OS. The molecule has 0 spiro atoms. The van der Waals surface area contributed by atoms with Crippen molar-refractivity contribution in [2.24, 2.45) is 0 Å². The van der Waals surface area contributed by atoms with Crippen LogP contribution in [0, 0.1) is 0 Å². The number of hydrogen-bond acceptors (Lipinski definition) is 5. The Morgan fingerprint density at radius 3 is 2.88 bits per heavy atom. The van der Waals surface area contributed by atoms with Gasteiger partial charge in [0, 0.05) is 19.3 Å². The lowest BCUT2D eigenvalue weighted by Gasteiger charge is -2.16. The molecule has 88 valence electrons. The second-order valence-electron chi connectivity index (χ2n) is 3.64. The molecule has 17 heavy (non-hydrogen) atoms. The number of carbonyl (C=O) groups excluding carboxylic acids is 1. The van der Waals surface area contributed by atoms with Gasteiger partial charge in [0.1, 0.15) is 4.88 Å². The van der Waals surface area contributed by atoms with Crippen LogP contribution in [0.1, 0.15) is 15.2 Å². The first-order valence-electron chi connectivity index (χ1n) is 5.04. The van der Waals surface area contributed by atoms with Gasteiger partial charge in [0.15, 0.2) is 0 Å². The number of amides is 1. The van der Waals surface area contributed by atoms with Crippen molar-refractivity contribution in [1.29, 1.82) is 0 Å². The highest BCUT2D eigenvalue weighted by Crippen LogP contribution is 2.14. The van der Waals surface area contributed by atoms with Gasteiger partial charge >= 0.3 is 0 Å². The summed E-state index contributed by atoms with van der Waals surface area (Å²) in [5.41, 5.74) is 7.45. The summed E-state index contributed by atoms with van der Waals surface area (Å²) in [5.74, 6) is -0.0942. The molecule has 0 fully saturated rings. The largest absolute Gasteiger partial charge is 0.398 e. The zero-order valence-corrected chi connectivity index (χ0v) is 10.1. The van der Waals surface area contributed by atoms with Gasteiger partial charge in [-0.3, -0.25) is 4.79 Å². The third kappa shape index (κ3) is 2.59. The molecule has 2 aromatic rings.